The molecule has 0 spiro atoms. The Balaban J connectivity index is 0.000000154. The molecule has 0 aliphatic carbocycles. The van der Waals surface area contributed by atoms with Crippen LogP contribution >= 0.6 is 0 Å². The molecule has 1 amide bonds. The van der Waals surface area contributed by atoms with Gasteiger partial charge in [0.15, 0.2) is 0 Å². The first-order chi connectivity index (χ1) is 10.2. The summed E-state index contributed by atoms with van der Waals surface area (Å²) >= 11 is 0. The number of aliphatic hydroxyl groups excluding tert-OH is 1. The fraction of sp³-hybridized carbons (Fsp3) is 0.235. The van der Waals surface area contributed by atoms with Crippen molar-refractivity contribution in [3.05, 3.63) is 60.2 Å². The van der Waals surface area contributed by atoms with Gasteiger partial charge in [0.25, 0.3) is 0 Å². The van der Waals surface area contributed by atoms with Gasteiger partial charge in [-0.15, -0.1) is 0 Å². The van der Waals surface area contributed by atoms with Crippen molar-refractivity contribution in [3.63, 3.8) is 0 Å². The molecule has 0 fully saturated rings. The minimum atomic E-state index is -0.433. The fourth-order valence-electron chi connectivity index (χ4n) is 1.99. The van der Waals surface area contributed by atoms with Crippen molar-refractivity contribution < 1.29 is 9.90 Å². The number of nitrogens with one attached hydrogen (secondary N) is 2. The number of anilines is 2. The van der Waals surface area contributed by atoms with Crippen LogP contribution in [0, 0.1) is 0 Å². The Kier molecular flexibility index (Phi) is 5.35. The molecule has 21 heavy (non-hydrogen) atoms. The number of para-hydroxylation sites is 2. The number of amides is 1. The summed E-state index contributed by atoms with van der Waals surface area (Å²) in [5, 5.41) is 14.9. The third-order valence-corrected chi connectivity index (χ3v) is 3.14. The van der Waals surface area contributed by atoms with Crippen LogP contribution in [0.4, 0.5) is 11.4 Å². The highest BCUT2D eigenvalue weighted by molar-refractivity contribution is 5.98. The van der Waals surface area contributed by atoms with E-state index in [1.165, 1.54) is 0 Å². The van der Waals surface area contributed by atoms with E-state index in [2.05, 4.69) is 10.6 Å². The van der Waals surface area contributed by atoms with Gasteiger partial charge in [0.05, 0.1) is 6.42 Å². The highest BCUT2D eigenvalue weighted by atomic mass is 16.3. The van der Waals surface area contributed by atoms with E-state index in [1.807, 2.05) is 61.5 Å². The molecule has 0 aromatic heterocycles. The van der Waals surface area contributed by atoms with Gasteiger partial charge in [0.2, 0.25) is 5.91 Å². The highest BCUT2D eigenvalue weighted by Crippen LogP contribution is 2.21. The topological polar surface area (TPSA) is 61.4 Å². The minimum absolute atomic E-state index is 0.0983. The van der Waals surface area contributed by atoms with Crippen LogP contribution in [0.3, 0.4) is 0 Å². The standard InChI is InChI=1S/C9H13NO.C8H7NO/c1-2-9(11)10-8-6-4-3-5-7-8;10-8-5-6-3-1-2-4-7(6)9-8/h3-7,9-11H,2H2,1H3;1-4H,5H2,(H,9,10). The quantitative estimate of drug-likeness (QED) is 0.759. The summed E-state index contributed by atoms with van der Waals surface area (Å²) in [6.07, 6.45) is 0.822. The zero-order valence-electron chi connectivity index (χ0n) is 12.0. The molecule has 1 heterocycles. The van der Waals surface area contributed by atoms with E-state index < -0.39 is 6.23 Å². The predicted octanol–water partition coefficient (Wildman–Crippen LogP) is 3.01. The van der Waals surface area contributed by atoms with Crippen LogP contribution in [0.15, 0.2) is 54.6 Å². The van der Waals surface area contributed by atoms with E-state index in [1.54, 1.807) is 0 Å². The Labute approximate surface area is 124 Å². The number of fused-ring (bicyclic) bond motifs is 1. The number of hydrogen-bond acceptors (Lipinski definition) is 3. The van der Waals surface area contributed by atoms with Crippen molar-refractivity contribution >= 4 is 17.3 Å². The first-order valence-electron chi connectivity index (χ1n) is 7.06. The first kappa shape index (κ1) is 15.1. The van der Waals surface area contributed by atoms with Crippen LogP contribution in [-0.4, -0.2) is 17.2 Å². The van der Waals surface area contributed by atoms with Crippen LogP contribution < -0.4 is 10.6 Å². The van der Waals surface area contributed by atoms with Gasteiger partial charge in [0.1, 0.15) is 6.23 Å². The SMILES string of the molecule is CCC(O)Nc1ccccc1.O=C1Cc2ccccc2N1. The lowest BCUT2D eigenvalue weighted by Crippen LogP contribution is -2.16. The van der Waals surface area contributed by atoms with Crippen LogP contribution in [0.1, 0.15) is 18.9 Å². The average molecular weight is 284 g/mol. The average Bonchev–Trinajstić information content (AvgIpc) is 2.89. The molecule has 3 rings (SSSR count). The van der Waals surface area contributed by atoms with Crippen LogP contribution in [0.25, 0.3) is 0 Å². The molecule has 3 N–H and O–H groups in total. The van der Waals surface area contributed by atoms with Crippen molar-refractivity contribution in [1.29, 1.82) is 0 Å². The fourth-order valence-corrected chi connectivity index (χ4v) is 1.99. The second kappa shape index (κ2) is 7.45. The zero-order valence-corrected chi connectivity index (χ0v) is 12.0. The lowest BCUT2D eigenvalue weighted by atomic mass is 10.2. The van der Waals surface area contributed by atoms with E-state index in [0.29, 0.717) is 6.42 Å². The minimum Gasteiger partial charge on any atom is -0.374 e. The second-order valence-electron chi connectivity index (χ2n) is 4.82. The second-order valence-corrected chi connectivity index (χ2v) is 4.82. The van der Waals surface area contributed by atoms with E-state index >= 15 is 0 Å². The van der Waals surface area contributed by atoms with Crippen LogP contribution in [0.2, 0.25) is 0 Å². The van der Waals surface area contributed by atoms with Crippen molar-refractivity contribution in [1.82, 2.24) is 0 Å². The molecule has 1 aliphatic rings. The highest BCUT2D eigenvalue weighted by Gasteiger charge is 2.15. The molecule has 2 aromatic rings. The Morgan fingerprint density at radius 2 is 1.81 bits per heavy atom. The molecule has 0 radical (unpaired) electrons. The van der Waals surface area contributed by atoms with Gasteiger partial charge in [-0.25, -0.2) is 0 Å². The molecule has 0 saturated heterocycles. The van der Waals surface area contributed by atoms with Gasteiger partial charge in [0, 0.05) is 11.4 Å². The third kappa shape index (κ3) is 4.61. The smallest absolute Gasteiger partial charge is 0.228 e. The molecular formula is C17H20N2O2. The molecule has 1 unspecified atom stereocenters. The Hall–Kier alpha value is -2.33. The summed E-state index contributed by atoms with van der Waals surface area (Å²) in [6, 6.07) is 17.4. The molecule has 0 bridgehead atoms. The molecule has 1 aliphatic heterocycles. The lowest BCUT2D eigenvalue weighted by Gasteiger charge is -2.10. The Morgan fingerprint density at radius 1 is 1.14 bits per heavy atom. The summed E-state index contributed by atoms with van der Waals surface area (Å²) in [5.74, 6) is 0.0983. The molecule has 0 saturated carbocycles. The van der Waals surface area contributed by atoms with Crippen LogP contribution in [0.5, 0.6) is 0 Å². The number of hydrogen-bond donors (Lipinski definition) is 3. The van der Waals surface area contributed by atoms with Gasteiger partial charge in [-0.3, -0.25) is 4.79 Å². The molecule has 110 valence electrons. The van der Waals surface area contributed by atoms with Gasteiger partial charge in [-0.2, -0.15) is 0 Å². The maximum atomic E-state index is 10.8. The third-order valence-electron chi connectivity index (χ3n) is 3.14. The monoisotopic (exact) mass is 284 g/mol. The number of aliphatic hydroxyl groups is 1. The normalized spacial score (nSPS) is 13.5. The molecule has 2 aromatic carbocycles. The van der Waals surface area contributed by atoms with Crippen molar-refractivity contribution in [3.8, 4) is 0 Å². The van der Waals surface area contributed by atoms with Gasteiger partial charge >= 0.3 is 0 Å². The summed E-state index contributed by atoms with van der Waals surface area (Å²) in [7, 11) is 0. The maximum absolute atomic E-state index is 10.8. The van der Waals surface area contributed by atoms with E-state index in [9.17, 15) is 9.90 Å². The lowest BCUT2D eigenvalue weighted by molar-refractivity contribution is -0.115. The number of rotatable bonds is 3. The summed E-state index contributed by atoms with van der Waals surface area (Å²) < 4.78 is 0. The van der Waals surface area contributed by atoms with E-state index in [0.717, 1.165) is 23.4 Å². The summed E-state index contributed by atoms with van der Waals surface area (Å²) in [6.45, 7) is 1.93. The maximum Gasteiger partial charge on any atom is 0.228 e. The summed E-state index contributed by atoms with van der Waals surface area (Å²) in [4.78, 5) is 10.8. The summed E-state index contributed by atoms with van der Waals surface area (Å²) in [5.41, 5.74) is 3.03. The Morgan fingerprint density at radius 3 is 2.48 bits per heavy atom. The van der Waals surface area contributed by atoms with Gasteiger partial charge in [-0.1, -0.05) is 43.3 Å². The van der Waals surface area contributed by atoms with E-state index in [-0.39, 0.29) is 5.91 Å². The molecular weight excluding hydrogens is 264 g/mol. The Bertz CT molecular complexity index is 557. The first-order valence-corrected chi connectivity index (χ1v) is 7.06. The van der Waals surface area contributed by atoms with Crippen molar-refractivity contribution in [2.75, 3.05) is 10.6 Å². The van der Waals surface area contributed by atoms with Crippen LogP contribution in [-0.2, 0) is 11.2 Å². The van der Waals surface area contributed by atoms with E-state index in [4.69, 9.17) is 0 Å². The molecule has 4 heteroatoms. The van der Waals surface area contributed by atoms with Crippen molar-refractivity contribution in [2.45, 2.75) is 26.0 Å². The number of benzene rings is 2. The number of carbonyl (C=O) groups is 1. The number of carbonyl (C=O) groups excluding carboxylic acids is 1. The van der Waals surface area contributed by atoms with Gasteiger partial charge in [-0.05, 0) is 30.2 Å². The zero-order chi connectivity index (χ0) is 15.1. The molecule has 1 atom stereocenters. The largest absolute Gasteiger partial charge is 0.374 e. The predicted molar refractivity (Wildman–Crippen MR) is 85.1 cm³/mol. The van der Waals surface area contributed by atoms with Gasteiger partial charge < -0.3 is 15.7 Å². The van der Waals surface area contributed by atoms with Crippen molar-refractivity contribution in [2.24, 2.45) is 0 Å². The molecule has 4 nitrogen and oxygen atoms in total.